The fourth-order valence-electron chi connectivity index (χ4n) is 4.12. The van der Waals surface area contributed by atoms with Crippen LogP contribution in [0.25, 0.3) is 0 Å². The van der Waals surface area contributed by atoms with Crippen molar-refractivity contribution in [3.8, 4) is 0 Å². The molecule has 152 valence electrons. The topological polar surface area (TPSA) is 59.1 Å². The Bertz CT molecular complexity index is 716. The van der Waals surface area contributed by atoms with Crippen molar-refractivity contribution in [1.29, 1.82) is 0 Å². The second-order valence-corrected chi connectivity index (χ2v) is 9.64. The molecule has 1 aromatic carbocycles. The largest absolute Gasteiger partial charge is 0.379 e. The average molecular weight is 397 g/mol. The first kappa shape index (κ1) is 20.7. The highest BCUT2D eigenvalue weighted by atomic mass is 32.2. The lowest BCUT2D eigenvalue weighted by atomic mass is 9.86. The van der Waals surface area contributed by atoms with Gasteiger partial charge in [-0.2, -0.15) is 4.31 Å². The molecule has 6 nitrogen and oxygen atoms in total. The molecule has 2 aliphatic rings. The van der Waals surface area contributed by atoms with Crippen LogP contribution in [0.5, 0.6) is 0 Å². The highest BCUT2D eigenvalue weighted by Crippen LogP contribution is 2.34. The Hall–Kier alpha value is -0.990. The summed E-state index contributed by atoms with van der Waals surface area (Å²) in [6, 6.07) is 7.33. The van der Waals surface area contributed by atoms with Gasteiger partial charge in [0.2, 0.25) is 10.0 Å². The van der Waals surface area contributed by atoms with Gasteiger partial charge < -0.3 is 9.47 Å². The third-order valence-electron chi connectivity index (χ3n) is 6.20. The van der Waals surface area contributed by atoms with E-state index in [4.69, 9.17) is 9.47 Å². The fourth-order valence-corrected chi connectivity index (χ4v) is 5.53. The molecular weight excluding hydrogens is 364 g/mol. The van der Waals surface area contributed by atoms with Gasteiger partial charge in [-0.05, 0) is 30.0 Å². The van der Waals surface area contributed by atoms with Crippen LogP contribution in [-0.4, -0.2) is 69.7 Å². The monoisotopic (exact) mass is 396 g/mol. The molecule has 3 rings (SSSR count). The predicted octanol–water partition coefficient (Wildman–Crippen LogP) is 2.34. The van der Waals surface area contributed by atoms with Crippen molar-refractivity contribution in [2.75, 3.05) is 46.5 Å². The number of nitrogens with zero attached hydrogens (tertiary/aromatic N) is 2. The zero-order valence-electron chi connectivity index (χ0n) is 16.7. The average Bonchev–Trinajstić information content (AvgIpc) is 3.12. The van der Waals surface area contributed by atoms with Gasteiger partial charge in [0, 0.05) is 39.8 Å². The molecule has 2 aliphatic heterocycles. The van der Waals surface area contributed by atoms with Gasteiger partial charge in [-0.3, -0.25) is 4.90 Å². The van der Waals surface area contributed by atoms with Crippen LogP contribution >= 0.6 is 0 Å². The number of morpholine rings is 1. The number of sulfonamides is 1. The SMILES string of the molecule is CCC(C)C1(OC)CCN(Cc2ccc(S(=O)(=O)N3CCOCC3)cc2)C1. The lowest BCUT2D eigenvalue weighted by molar-refractivity contribution is -0.0454. The Morgan fingerprint density at radius 2 is 1.85 bits per heavy atom. The molecule has 0 aliphatic carbocycles. The van der Waals surface area contributed by atoms with Crippen molar-refractivity contribution < 1.29 is 17.9 Å². The van der Waals surface area contributed by atoms with E-state index in [1.165, 1.54) is 4.31 Å². The van der Waals surface area contributed by atoms with Gasteiger partial charge in [-0.15, -0.1) is 0 Å². The maximum absolute atomic E-state index is 12.7. The van der Waals surface area contributed by atoms with E-state index in [1.54, 1.807) is 12.1 Å². The number of methoxy groups -OCH3 is 1. The standard InChI is InChI=1S/C20H32N2O4S/c1-4-17(2)20(25-3)9-10-21(16-20)15-18-5-7-19(8-6-18)27(23,24)22-11-13-26-14-12-22/h5-8,17H,4,9-16H2,1-3H3. The van der Waals surface area contributed by atoms with Gasteiger partial charge in [0.15, 0.2) is 0 Å². The molecule has 0 aromatic heterocycles. The Morgan fingerprint density at radius 3 is 2.44 bits per heavy atom. The van der Waals surface area contributed by atoms with Crippen molar-refractivity contribution in [1.82, 2.24) is 9.21 Å². The quantitative estimate of drug-likeness (QED) is 0.708. The Kier molecular flexibility index (Phi) is 6.58. The van der Waals surface area contributed by atoms with Crippen molar-refractivity contribution in [2.24, 2.45) is 5.92 Å². The molecule has 0 radical (unpaired) electrons. The van der Waals surface area contributed by atoms with E-state index in [2.05, 4.69) is 18.7 Å². The summed E-state index contributed by atoms with van der Waals surface area (Å²) in [5, 5.41) is 0. The molecule has 2 heterocycles. The lowest BCUT2D eigenvalue weighted by Gasteiger charge is -2.34. The van der Waals surface area contributed by atoms with Crippen LogP contribution in [0.1, 0.15) is 32.3 Å². The summed E-state index contributed by atoms with van der Waals surface area (Å²) >= 11 is 0. The first-order chi connectivity index (χ1) is 12.9. The van der Waals surface area contributed by atoms with Gasteiger partial charge in [-0.1, -0.05) is 32.4 Å². The summed E-state index contributed by atoms with van der Waals surface area (Å²) in [7, 11) is -1.60. The second kappa shape index (κ2) is 8.57. The first-order valence-electron chi connectivity index (χ1n) is 9.85. The number of ether oxygens (including phenoxy) is 2. The molecular formula is C20H32N2O4S. The molecule has 0 saturated carbocycles. The van der Waals surface area contributed by atoms with E-state index >= 15 is 0 Å². The number of hydrogen-bond acceptors (Lipinski definition) is 5. The van der Waals surface area contributed by atoms with Gasteiger partial charge in [0.1, 0.15) is 0 Å². The molecule has 1 aromatic rings. The van der Waals surface area contributed by atoms with Crippen LogP contribution in [0.2, 0.25) is 0 Å². The van der Waals surface area contributed by atoms with E-state index in [1.807, 2.05) is 19.2 Å². The molecule has 2 fully saturated rings. The number of benzene rings is 1. The van der Waals surface area contributed by atoms with Crippen molar-refractivity contribution in [2.45, 2.75) is 43.7 Å². The normalized spacial score (nSPS) is 26.3. The fraction of sp³-hybridized carbons (Fsp3) is 0.700. The minimum atomic E-state index is -3.42. The number of likely N-dealkylation sites (tertiary alicyclic amines) is 1. The van der Waals surface area contributed by atoms with Crippen LogP contribution in [0, 0.1) is 5.92 Å². The summed E-state index contributed by atoms with van der Waals surface area (Å²) in [4.78, 5) is 2.77. The molecule has 2 unspecified atom stereocenters. The number of rotatable bonds is 7. The molecule has 7 heteroatoms. The van der Waals surface area contributed by atoms with Gasteiger partial charge in [0.05, 0.1) is 23.7 Å². The Balaban J connectivity index is 1.65. The van der Waals surface area contributed by atoms with Crippen LogP contribution < -0.4 is 0 Å². The van der Waals surface area contributed by atoms with E-state index in [0.717, 1.165) is 38.0 Å². The lowest BCUT2D eigenvalue weighted by Crippen LogP contribution is -2.41. The molecule has 0 amide bonds. The highest BCUT2D eigenvalue weighted by Gasteiger charge is 2.41. The summed E-state index contributed by atoms with van der Waals surface area (Å²) < 4.78 is 38.1. The van der Waals surface area contributed by atoms with Crippen molar-refractivity contribution >= 4 is 10.0 Å². The first-order valence-corrected chi connectivity index (χ1v) is 11.3. The summed E-state index contributed by atoms with van der Waals surface area (Å²) in [6.07, 6.45) is 2.15. The minimum absolute atomic E-state index is 0.0611. The smallest absolute Gasteiger partial charge is 0.243 e. The molecule has 0 N–H and O–H groups in total. The molecule has 0 spiro atoms. The molecule has 27 heavy (non-hydrogen) atoms. The third-order valence-corrected chi connectivity index (χ3v) is 8.11. The zero-order chi connectivity index (χ0) is 19.5. The Morgan fingerprint density at radius 1 is 1.19 bits per heavy atom. The summed E-state index contributed by atoms with van der Waals surface area (Å²) in [5.41, 5.74) is 1.07. The van der Waals surface area contributed by atoms with Crippen LogP contribution in [0.15, 0.2) is 29.2 Å². The maximum atomic E-state index is 12.7. The van der Waals surface area contributed by atoms with Crippen LogP contribution in [-0.2, 0) is 26.0 Å². The van der Waals surface area contributed by atoms with E-state index in [9.17, 15) is 8.42 Å². The summed E-state index contributed by atoms with van der Waals surface area (Å²) in [6.45, 7) is 8.99. The number of hydrogen-bond donors (Lipinski definition) is 0. The minimum Gasteiger partial charge on any atom is -0.379 e. The predicted molar refractivity (Wildman–Crippen MR) is 105 cm³/mol. The van der Waals surface area contributed by atoms with E-state index < -0.39 is 10.0 Å². The van der Waals surface area contributed by atoms with E-state index in [0.29, 0.717) is 37.1 Å². The molecule has 0 bridgehead atoms. The van der Waals surface area contributed by atoms with Crippen LogP contribution in [0.4, 0.5) is 0 Å². The molecule has 2 saturated heterocycles. The van der Waals surface area contributed by atoms with Crippen LogP contribution in [0.3, 0.4) is 0 Å². The summed E-state index contributed by atoms with van der Waals surface area (Å²) in [5.74, 6) is 0.522. The van der Waals surface area contributed by atoms with Crippen molar-refractivity contribution in [3.05, 3.63) is 29.8 Å². The van der Waals surface area contributed by atoms with Crippen molar-refractivity contribution in [3.63, 3.8) is 0 Å². The van der Waals surface area contributed by atoms with Gasteiger partial charge in [0.25, 0.3) is 0 Å². The van der Waals surface area contributed by atoms with E-state index in [-0.39, 0.29) is 5.60 Å². The van der Waals surface area contributed by atoms with Gasteiger partial charge >= 0.3 is 0 Å². The third kappa shape index (κ3) is 4.38. The molecule has 2 atom stereocenters. The van der Waals surface area contributed by atoms with Gasteiger partial charge in [-0.25, -0.2) is 8.42 Å². The zero-order valence-corrected chi connectivity index (χ0v) is 17.5. The maximum Gasteiger partial charge on any atom is 0.243 e. The Labute approximate surface area is 163 Å². The highest BCUT2D eigenvalue weighted by molar-refractivity contribution is 7.89. The second-order valence-electron chi connectivity index (χ2n) is 7.70.